The number of hydrogen-bond acceptors (Lipinski definition) is 9. The van der Waals surface area contributed by atoms with Gasteiger partial charge in [-0.25, -0.2) is 4.52 Å². The van der Waals surface area contributed by atoms with Crippen molar-refractivity contribution in [3.63, 3.8) is 0 Å². The van der Waals surface area contributed by atoms with Crippen LogP contribution in [0, 0.1) is 22.7 Å². The standard InChI is InChI=1S/C23H23N7O4S.ClH/c1-28(26-16-20-17-27-30-5-4-19(15-25)12-21(20)30)35(31,32)23-13-18(14-24)2-3-22(23)34-11-8-29-6-9-33-10-7-29;/h2-5,12-13,16-17H,6-11H2,1H3;1H/b26-16-;. The summed E-state index contributed by atoms with van der Waals surface area (Å²) in [5.74, 6) is 0.147. The fourth-order valence-electron chi connectivity index (χ4n) is 3.52. The molecule has 0 radical (unpaired) electrons. The van der Waals surface area contributed by atoms with E-state index in [4.69, 9.17) is 14.7 Å². The Kier molecular flexibility index (Phi) is 8.85. The van der Waals surface area contributed by atoms with Crippen LogP contribution in [-0.2, 0) is 14.8 Å². The van der Waals surface area contributed by atoms with Crippen molar-refractivity contribution in [2.45, 2.75) is 4.90 Å². The number of hydrogen-bond donors (Lipinski definition) is 0. The zero-order valence-corrected chi connectivity index (χ0v) is 21.1. The van der Waals surface area contributed by atoms with Gasteiger partial charge in [0, 0.05) is 38.4 Å². The lowest BCUT2D eigenvalue weighted by Crippen LogP contribution is -2.38. The molecule has 1 saturated heterocycles. The number of benzene rings is 1. The van der Waals surface area contributed by atoms with E-state index in [2.05, 4.69) is 21.2 Å². The van der Waals surface area contributed by atoms with Gasteiger partial charge in [0.1, 0.15) is 17.3 Å². The summed E-state index contributed by atoms with van der Waals surface area (Å²) in [6.07, 6.45) is 4.52. The van der Waals surface area contributed by atoms with Crippen LogP contribution >= 0.6 is 12.4 Å². The van der Waals surface area contributed by atoms with Crippen LogP contribution < -0.4 is 4.74 Å². The monoisotopic (exact) mass is 529 g/mol. The van der Waals surface area contributed by atoms with Gasteiger partial charge in [0.25, 0.3) is 10.0 Å². The normalized spacial score (nSPS) is 14.2. The highest BCUT2D eigenvalue weighted by Gasteiger charge is 2.25. The molecule has 36 heavy (non-hydrogen) atoms. The van der Waals surface area contributed by atoms with Gasteiger partial charge in [-0.1, -0.05) is 0 Å². The molecule has 1 fully saturated rings. The highest BCUT2D eigenvalue weighted by Crippen LogP contribution is 2.28. The van der Waals surface area contributed by atoms with E-state index in [1.165, 1.54) is 37.7 Å². The van der Waals surface area contributed by atoms with Crippen LogP contribution in [0.25, 0.3) is 5.52 Å². The van der Waals surface area contributed by atoms with Gasteiger partial charge in [0.2, 0.25) is 0 Å². The van der Waals surface area contributed by atoms with Gasteiger partial charge in [-0.15, -0.1) is 12.4 Å². The van der Waals surface area contributed by atoms with Crippen LogP contribution in [0.5, 0.6) is 5.75 Å². The molecule has 2 aromatic heterocycles. The number of aromatic nitrogens is 2. The summed E-state index contributed by atoms with van der Waals surface area (Å²) in [4.78, 5) is 2.02. The van der Waals surface area contributed by atoms with Gasteiger partial charge in [-0.2, -0.15) is 33.6 Å². The van der Waals surface area contributed by atoms with Gasteiger partial charge >= 0.3 is 0 Å². The van der Waals surface area contributed by atoms with Crippen LogP contribution in [0.3, 0.4) is 0 Å². The molecule has 0 saturated carbocycles. The van der Waals surface area contributed by atoms with Gasteiger partial charge in [-0.3, -0.25) is 4.90 Å². The van der Waals surface area contributed by atoms with Crippen LogP contribution in [0.2, 0.25) is 0 Å². The molecular weight excluding hydrogens is 506 g/mol. The topological polar surface area (TPSA) is 136 Å². The second kappa shape index (κ2) is 11.8. The number of halogens is 1. The first-order valence-electron chi connectivity index (χ1n) is 10.8. The Bertz CT molecular complexity index is 1440. The Balaban J connectivity index is 0.00000361. The van der Waals surface area contributed by atoms with E-state index in [0.717, 1.165) is 17.5 Å². The van der Waals surface area contributed by atoms with E-state index >= 15 is 0 Å². The van der Waals surface area contributed by atoms with Crippen LogP contribution in [0.4, 0.5) is 0 Å². The maximum absolute atomic E-state index is 13.3. The first-order valence-corrected chi connectivity index (χ1v) is 12.2. The number of fused-ring (bicyclic) bond motifs is 1. The fourth-order valence-corrected chi connectivity index (χ4v) is 4.64. The number of nitriles is 2. The molecule has 0 amide bonds. The lowest BCUT2D eigenvalue weighted by atomic mass is 10.2. The molecule has 0 N–H and O–H groups in total. The Morgan fingerprint density at radius 3 is 2.64 bits per heavy atom. The molecule has 1 aliphatic rings. The summed E-state index contributed by atoms with van der Waals surface area (Å²) in [6, 6.07) is 11.6. The van der Waals surface area contributed by atoms with E-state index in [1.54, 1.807) is 22.8 Å². The Morgan fingerprint density at radius 2 is 1.92 bits per heavy atom. The molecule has 3 aromatic rings. The molecule has 0 spiro atoms. The number of rotatable bonds is 8. The van der Waals surface area contributed by atoms with Crippen molar-refractivity contribution in [2.24, 2.45) is 5.10 Å². The number of morpholine rings is 1. The van der Waals surface area contributed by atoms with E-state index in [-0.39, 0.29) is 35.2 Å². The minimum Gasteiger partial charge on any atom is -0.491 e. The Morgan fingerprint density at radius 1 is 1.19 bits per heavy atom. The smallest absolute Gasteiger partial charge is 0.282 e. The van der Waals surface area contributed by atoms with Crippen molar-refractivity contribution in [2.75, 3.05) is 46.5 Å². The summed E-state index contributed by atoms with van der Waals surface area (Å²) in [5, 5.41) is 26.7. The van der Waals surface area contributed by atoms with Crippen molar-refractivity contribution >= 4 is 34.2 Å². The SMILES string of the molecule is CN(/N=C\c1cnn2ccc(C#N)cc12)S(=O)(=O)c1cc(C#N)ccc1OCCN1CCOCC1.Cl. The molecular formula is C23H24ClN7O4S. The summed E-state index contributed by atoms with van der Waals surface area (Å²) < 4.78 is 40.2. The molecule has 13 heteroatoms. The van der Waals surface area contributed by atoms with E-state index in [0.29, 0.717) is 36.4 Å². The Hall–Kier alpha value is -3.68. The van der Waals surface area contributed by atoms with E-state index < -0.39 is 10.0 Å². The molecule has 3 heterocycles. The summed E-state index contributed by atoms with van der Waals surface area (Å²) >= 11 is 0. The van der Waals surface area contributed by atoms with Crippen molar-refractivity contribution < 1.29 is 17.9 Å². The first-order chi connectivity index (χ1) is 16.9. The minimum atomic E-state index is -4.13. The predicted octanol–water partition coefficient (Wildman–Crippen LogP) is 1.87. The lowest BCUT2D eigenvalue weighted by Gasteiger charge is -2.26. The Labute approximate surface area is 215 Å². The maximum atomic E-state index is 13.3. The third-order valence-electron chi connectivity index (χ3n) is 5.51. The summed E-state index contributed by atoms with van der Waals surface area (Å²) in [7, 11) is -2.83. The molecule has 1 aromatic carbocycles. The average Bonchev–Trinajstić information content (AvgIpc) is 3.30. The quantitative estimate of drug-likeness (QED) is 0.318. The van der Waals surface area contributed by atoms with E-state index in [9.17, 15) is 13.7 Å². The zero-order valence-electron chi connectivity index (χ0n) is 19.4. The molecule has 0 bridgehead atoms. The molecule has 188 valence electrons. The number of nitrogens with zero attached hydrogens (tertiary/aromatic N) is 7. The molecule has 0 unspecified atom stereocenters. The van der Waals surface area contributed by atoms with Crippen molar-refractivity contribution in [3.05, 3.63) is 59.4 Å². The predicted molar refractivity (Wildman–Crippen MR) is 134 cm³/mol. The van der Waals surface area contributed by atoms with Gasteiger partial charge in [0.15, 0.2) is 0 Å². The van der Waals surface area contributed by atoms with Gasteiger partial charge in [-0.05, 0) is 30.3 Å². The maximum Gasteiger partial charge on any atom is 0.282 e. The summed E-state index contributed by atoms with van der Waals surface area (Å²) in [5.41, 5.74) is 1.78. The average molecular weight is 530 g/mol. The zero-order chi connectivity index (χ0) is 24.8. The van der Waals surface area contributed by atoms with E-state index in [1.807, 2.05) is 6.07 Å². The highest BCUT2D eigenvalue weighted by molar-refractivity contribution is 7.89. The van der Waals surface area contributed by atoms with Crippen molar-refractivity contribution in [1.82, 2.24) is 18.9 Å². The number of ether oxygens (including phenoxy) is 2. The number of sulfonamides is 1. The van der Waals surface area contributed by atoms with Crippen LogP contribution in [0.1, 0.15) is 16.7 Å². The van der Waals surface area contributed by atoms with Crippen molar-refractivity contribution in [1.29, 1.82) is 10.5 Å². The fraction of sp³-hybridized carbons (Fsp3) is 0.304. The first kappa shape index (κ1) is 26.9. The molecule has 0 atom stereocenters. The molecule has 11 nitrogen and oxygen atoms in total. The third kappa shape index (κ3) is 5.93. The third-order valence-corrected chi connectivity index (χ3v) is 7.17. The molecule has 4 rings (SSSR count). The van der Waals surface area contributed by atoms with Crippen molar-refractivity contribution in [3.8, 4) is 17.9 Å². The molecule has 0 aliphatic carbocycles. The number of pyridine rings is 1. The molecule has 1 aliphatic heterocycles. The lowest BCUT2D eigenvalue weighted by molar-refractivity contribution is 0.0321. The minimum absolute atomic E-state index is 0. The largest absolute Gasteiger partial charge is 0.491 e. The highest BCUT2D eigenvalue weighted by atomic mass is 35.5. The second-order valence-corrected chi connectivity index (χ2v) is 9.64. The van der Waals surface area contributed by atoms with Gasteiger partial charge in [0.05, 0.1) is 54.4 Å². The summed E-state index contributed by atoms with van der Waals surface area (Å²) in [6.45, 7) is 3.80. The number of hydrazone groups is 1. The van der Waals surface area contributed by atoms with Gasteiger partial charge < -0.3 is 9.47 Å². The second-order valence-electron chi connectivity index (χ2n) is 7.72. The van der Waals surface area contributed by atoms with Crippen LogP contribution in [0.15, 0.2) is 52.7 Å². The van der Waals surface area contributed by atoms with Crippen LogP contribution in [-0.4, -0.2) is 80.1 Å².